The van der Waals surface area contributed by atoms with E-state index in [2.05, 4.69) is 43.9 Å². The maximum atomic E-state index is 10.8. The quantitative estimate of drug-likeness (QED) is 0.199. The van der Waals surface area contributed by atoms with Gasteiger partial charge in [-0.05, 0) is 34.8 Å². The fraction of sp³-hybridized carbons (Fsp3) is 0.538. The van der Waals surface area contributed by atoms with E-state index >= 15 is 0 Å². The molecule has 0 saturated carbocycles. The number of hydrogen-bond acceptors (Lipinski definition) is 6. The molecule has 0 aromatic heterocycles. The predicted octanol–water partition coefficient (Wildman–Crippen LogP) is 5.58. The van der Waals surface area contributed by atoms with Crippen LogP contribution in [0.25, 0.3) is 10.4 Å². The molecule has 0 bridgehead atoms. The summed E-state index contributed by atoms with van der Waals surface area (Å²) in [5.74, 6) is 0. The molecular weight excluding hydrogens is 462 g/mol. The number of aliphatic hydroxyl groups is 1. The molecule has 35 heavy (non-hydrogen) atoms. The van der Waals surface area contributed by atoms with Crippen LogP contribution < -0.4 is 0 Å². The Hall–Kier alpha value is -2.23. The fourth-order valence-corrected chi connectivity index (χ4v) is 5.03. The number of nitrogens with zero attached hydrogens (tertiary/aromatic N) is 3. The van der Waals surface area contributed by atoms with Crippen LogP contribution in [0.4, 0.5) is 0 Å². The summed E-state index contributed by atoms with van der Waals surface area (Å²) < 4.78 is 25.0. The summed E-state index contributed by atoms with van der Waals surface area (Å²) in [6, 6.07) is 18.6. The van der Waals surface area contributed by atoms with Gasteiger partial charge in [0.1, 0.15) is 18.2 Å². The first-order valence-electron chi connectivity index (χ1n) is 11.9. The average molecular weight is 500 g/mol. The van der Waals surface area contributed by atoms with Crippen LogP contribution in [0.1, 0.15) is 31.9 Å². The summed E-state index contributed by atoms with van der Waals surface area (Å²) >= 11 is 0. The molecule has 0 amide bonds. The Morgan fingerprint density at radius 3 is 2.09 bits per heavy atom. The van der Waals surface area contributed by atoms with Gasteiger partial charge in [0, 0.05) is 4.91 Å². The zero-order chi connectivity index (χ0) is 25.5. The number of rotatable bonds is 10. The Bertz CT molecular complexity index is 964. The number of aliphatic hydroxyl groups excluding tert-OH is 1. The van der Waals surface area contributed by atoms with E-state index in [0.29, 0.717) is 6.61 Å². The van der Waals surface area contributed by atoms with E-state index in [0.717, 1.165) is 11.1 Å². The van der Waals surface area contributed by atoms with Crippen molar-refractivity contribution in [2.75, 3.05) is 6.61 Å². The smallest absolute Gasteiger partial charge is 0.192 e. The van der Waals surface area contributed by atoms with Crippen molar-refractivity contribution < 1.29 is 23.7 Å². The maximum absolute atomic E-state index is 10.8. The second-order valence-electron chi connectivity index (χ2n) is 10.4. The van der Waals surface area contributed by atoms with E-state index in [1.165, 1.54) is 0 Å². The highest BCUT2D eigenvalue weighted by molar-refractivity contribution is 6.74. The largest absolute Gasteiger partial charge is 0.409 e. The standard InChI is InChI=1S/C26H37N3O5Si/c1-26(2,3)35(4,5)34-23-21(18-31-16-19-12-8-6-9-13-19)33-25(30)22(28-29-27)24(23)32-17-20-14-10-7-11-15-20/h6-15,21-25,30H,16-18H2,1-5H3/t21-,22-,23-,24-,25-/m1/s1. The lowest BCUT2D eigenvalue weighted by Crippen LogP contribution is -2.62. The van der Waals surface area contributed by atoms with Crippen LogP contribution >= 0.6 is 0 Å². The lowest BCUT2D eigenvalue weighted by molar-refractivity contribution is -0.258. The van der Waals surface area contributed by atoms with E-state index in [4.69, 9.17) is 18.6 Å². The molecule has 1 fully saturated rings. The van der Waals surface area contributed by atoms with Gasteiger partial charge in [0.2, 0.25) is 0 Å². The van der Waals surface area contributed by atoms with E-state index in [1.807, 2.05) is 60.7 Å². The minimum atomic E-state index is -2.29. The predicted molar refractivity (Wildman–Crippen MR) is 137 cm³/mol. The number of ether oxygens (including phenoxy) is 3. The third-order valence-electron chi connectivity index (χ3n) is 6.73. The molecular formula is C26H37N3O5Si. The van der Waals surface area contributed by atoms with Gasteiger partial charge in [0.15, 0.2) is 14.6 Å². The lowest BCUT2D eigenvalue weighted by atomic mass is 9.97. The Labute approximate surface area is 208 Å². The summed E-state index contributed by atoms with van der Waals surface area (Å²) in [5.41, 5.74) is 11.2. The summed E-state index contributed by atoms with van der Waals surface area (Å²) in [6.45, 7) is 11.6. The van der Waals surface area contributed by atoms with Crippen molar-refractivity contribution in [2.45, 2.75) is 82.8 Å². The monoisotopic (exact) mass is 499 g/mol. The van der Waals surface area contributed by atoms with Crippen molar-refractivity contribution in [3.8, 4) is 0 Å². The molecule has 190 valence electrons. The van der Waals surface area contributed by atoms with Gasteiger partial charge in [-0.2, -0.15) is 0 Å². The van der Waals surface area contributed by atoms with E-state index in [-0.39, 0.29) is 18.3 Å². The molecule has 1 saturated heterocycles. The van der Waals surface area contributed by atoms with Crippen molar-refractivity contribution in [3.05, 3.63) is 82.2 Å². The molecule has 5 atom stereocenters. The van der Waals surface area contributed by atoms with E-state index in [9.17, 15) is 10.6 Å². The minimum absolute atomic E-state index is 0.0729. The molecule has 2 aromatic rings. The topological polar surface area (TPSA) is 106 Å². The molecule has 8 nitrogen and oxygen atoms in total. The highest BCUT2D eigenvalue weighted by Gasteiger charge is 2.50. The summed E-state index contributed by atoms with van der Waals surface area (Å²) in [6.07, 6.45) is -3.24. The molecule has 0 radical (unpaired) electrons. The van der Waals surface area contributed by atoms with Crippen LogP contribution in [0.2, 0.25) is 18.1 Å². The second-order valence-corrected chi connectivity index (χ2v) is 15.1. The molecule has 2 aromatic carbocycles. The van der Waals surface area contributed by atoms with Crippen molar-refractivity contribution in [1.82, 2.24) is 0 Å². The first-order valence-corrected chi connectivity index (χ1v) is 14.9. The molecule has 0 aliphatic carbocycles. The Kier molecular flexibility index (Phi) is 9.49. The normalized spacial score (nSPS) is 25.1. The van der Waals surface area contributed by atoms with Crippen LogP contribution in [0.3, 0.4) is 0 Å². The molecule has 3 rings (SSSR count). The Balaban J connectivity index is 1.86. The summed E-state index contributed by atoms with van der Waals surface area (Å²) in [5, 5.41) is 14.5. The maximum Gasteiger partial charge on any atom is 0.192 e. The highest BCUT2D eigenvalue weighted by atomic mass is 28.4. The molecule has 1 N–H and O–H groups in total. The number of azide groups is 1. The summed E-state index contributed by atoms with van der Waals surface area (Å²) in [7, 11) is -2.29. The third-order valence-corrected chi connectivity index (χ3v) is 11.2. The van der Waals surface area contributed by atoms with Crippen LogP contribution in [0.15, 0.2) is 65.8 Å². The fourth-order valence-electron chi connectivity index (χ4n) is 3.71. The zero-order valence-corrected chi connectivity index (χ0v) is 22.2. The van der Waals surface area contributed by atoms with Crippen LogP contribution in [0.5, 0.6) is 0 Å². The van der Waals surface area contributed by atoms with Crippen molar-refractivity contribution >= 4 is 8.32 Å². The van der Waals surface area contributed by atoms with Gasteiger partial charge < -0.3 is 23.7 Å². The van der Waals surface area contributed by atoms with Gasteiger partial charge in [0.05, 0.1) is 25.9 Å². The zero-order valence-electron chi connectivity index (χ0n) is 21.2. The van der Waals surface area contributed by atoms with Crippen molar-refractivity contribution in [3.63, 3.8) is 0 Å². The molecule has 9 heteroatoms. The van der Waals surface area contributed by atoms with Crippen molar-refractivity contribution in [2.24, 2.45) is 5.11 Å². The Morgan fingerprint density at radius 1 is 0.971 bits per heavy atom. The highest BCUT2D eigenvalue weighted by Crippen LogP contribution is 2.40. The second kappa shape index (κ2) is 12.1. The first-order chi connectivity index (χ1) is 16.6. The van der Waals surface area contributed by atoms with Gasteiger partial charge in [0.25, 0.3) is 0 Å². The lowest BCUT2D eigenvalue weighted by Gasteiger charge is -2.48. The minimum Gasteiger partial charge on any atom is -0.409 e. The molecule has 0 unspecified atom stereocenters. The number of benzene rings is 2. The van der Waals surface area contributed by atoms with Crippen LogP contribution in [-0.4, -0.2) is 50.7 Å². The van der Waals surface area contributed by atoms with Gasteiger partial charge in [-0.25, -0.2) is 0 Å². The average Bonchev–Trinajstić information content (AvgIpc) is 2.82. The van der Waals surface area contributed by atoms with Crippen LogP contribution in [0, 0.1) is 0 Å². The van der Waals surface area contributed by atoms with Gasteiger partial charge in [-0.1, -0.05) is 86.5 Å². The molecule has 1 aliphatic rings. The van der Waals surface area contributed by atoms with Gasteiger partial charge >= 0.3 is 0 Å². The van der Waals surface area contributed by atoms with Crippen LogP contribution in [-0.2, 0) is 31.9 Å². The number of hydrogen-bond donors (Lipinski definition) is 1. The van der Waals surface area contributed by atoms with E-state index in [1.54, 1.807) is 0 Å². The summed E-state index contributed by atoms with van der Waals surface area (Å²) in [4.78, 5) is 2.95. The third kappa shape index (κ3) is 7.38. The Morgan fingerprint density at radius 2 is 1.54 bits per heavy atom. The van der Waals surface area contributed by atoms with Crippen molar-refractivity contribution in [1.29, 1.82) is 0 Å². The van der Waals surface area contributed by atoms with Gasteiger partial charge in [-0.3, -0.25) is 0 Å². The molecule has 0 spiro atoms. The first kappa shape index (κ1) is 27.4. The van der Waals surface area contributed by atoms with E-state index < -0.39 is 39.0 Å². The van der Waals surface area contributed by atoms with Gasteiger partial charge in [-0.15, -0.1) is 0 Å². The molecule has 1 aliphatic heterocycles. The molecule has 1 heterocycles. The SMILES string of the molecule is CC(C)(C)[Si](C)(C)O[C@H]1[C@H](OCc2ccccc2)[C@@H](N=[N+]=[N-])[C@H](O)O[C@@H]1COCc1ccccc1.